The van der Waals surface area contributed by atoms with E-state index >= 15 is 0 Å². The Kier molecular flexibility index (Phi) is 5.12. The van der Waals surface area contributed by atoms with E-state index in [1.54, 1.807) is 30.3 Å². The van der Waals surface area contributed by atoms with Crippen molar-refractivity contribution in [2.24, 2.45) is 0 Å². The lowest BCUT2D eigenvalue weighted by Gasteiger charge is -2.16. The lowest BCUT2D eigenvalue weighted by atomic mass is 9.97. The van der Waals surface area contributed by atoms with Gasteiger partial charge in [0.25, 0.3) is 0 Å². The smallest absolute Gasteiger partial charge is 0.142 e. The number of nitrogens with two attached hydrogens (primary N) is 2. The van der Waals surface area contributed by atoms with Crippen LogP contribution in [0.5, 0.6) is 34.5 Å². The molecule has 0 spiro atoms. The summed E-state index contributed by atoms with van der Waals surface area (Å²) in [7, 11) is 0. The first kappa shape index (κ1) is 20.3. The number of phenolic OH excluding ortho intramolecular Hbond substituents is 2. The van der Waals surface area contributed by atoms with Gasteiger partial charge in [-0.25, -0.2) is 0 Å². The summed E-state index contributed by atoms with van der Waals surface area (Å²) in [5, 5.41) is 21.0. The predicted molar refractivity (Wildman–Crippen MR) is 125 cm³/mol. The maximum absolute atomic E-state index is 9.91. The van der Waals surface area contributed by atoms with Crippen LogP contribution in [0, 0.1) is 24.7 Å². The maximum Gasteiger partial charge on any atom is 0.142 e. The average Bonchev–Trinajstić information content (AvgIpc) is 2.78. The van der Waals surface area contributed by atoms with Gasteiger partial charge in [0.2, 0.25) is 0 Å². The molecule has 0 aromatic heterocycles. The fraction of sp³-hybridized carbons (Fsp3) is 0. The molecular weight excluding hydrogens is 404 g/mol. The molecule has 6 heteroatoms. The summed E-state index contributed by atoms with van der Waals surface area (Å²) in [6.45, 7) is 0. The van der Waals surface area contributed by atoms with Gasteiger partial charge in [0.05, 0.1) is 16.9 Å². The number of ether oxygens (including phenoxy) is 2. The third-order valence-electron chi connectivity index (χ3n) is 4.85. The summed E-state index contributed by atoms with van der Waals surface area (Å²) in [5.41, 5.74) is 12.7. The predicted octanol–water partition coefficient (Wildman–Crippen LogP) is 4.96. The first-order valence-corrected chi connectivity index (χ1v) is 9.47. The van der Waals surface area contributed by atoms with Crippen LogP contribution in [0.2, 0.25) is 0 Å². The van der Waals surface area contributed by atoms with Gasteiger partial charge in [-0.1, -0.05) is 24.0 Å². The SMILES string of the molecule is C#Cc1cc(Oc2ccc(N)c(O)c2)c2cccc(Oc3ccc(N)c(O)c3)c2c1C#C. The summed E-state index contributed by atoms with van der Waals surface area (Å²) in [5.74, 6) is 6.59. The zero-order valence-corrected chi connectivity index (χ0v) is 16.8. The van der Waals surface area contributed by atoms with Gasteiger partial charge in [-0.3, -0.25) is 0 Å². The van der Waals surface area contributed by atoms with Crippen molar-refractivity contribution in [3.05, 3.63) is 71.8 Å². The van der Waals surface area contributed by atoms with Crippen molar-refractivity contribution >= 4 is 22.1 Å². The fourth-order valence-electron chi connectivity index (χ4n) is 3.27. The van der Waals surface area contributed by atoms with E-state index in [2.05, 4.69) is 11.8 Å². The minimum Gasteiger partial charge on any atom is -0.506 e. The quantitative estimate of drug-likeness (QED) is 0.210. The average molecular weight is 422 g/mol. The van der Waals surface area contributed by atoms with E-state index in [1.807, 2.05) is 6.07 Å². The summed E-state index contributed by atoms with van der Waals surface area (Å²) in [4.78, 5) is 0. The Hall–Kier alpha value is -4.94. The van der Waals surface area contributed by atoms with E-state index < -0.39 is 0 Å². The highest BCUT2D eigenvalue weighted by molar-refractivity contribution is 5.99. The fourth-order valence-corrected chi connectivity index (χ4v) is 3.27. The second-order valence-electron chi connectivity index (χ2n) is 6.91. The molecule has 4 aromatic rings. The molecule has 0 aliphatic rings. The number of hydrogen-bond acceptors (Lipinski definition) is 6. The third-order valence-corrected chi connectivity index (χ3v) is 4.85. The van der Waals surface area contributed by atoms with Crippen molar-refractivity contribution in [3.8, 4) is 59.2 Å². The van der Waals surface area contributed by atoms with Crippen molar-refractivity contribution in [2.75, 3.05) is 11.5 Å². The van der Waals surface area contributed by atoms with Gasteiger partial charge < -0.3 is 31.2 Å². The Labute approximate surface area is 184 Å². The van der Waals surface area contributed by atoms with E-state index in [0.29, 0.717) is 44.9 Å². The number of phenols is 2. The molecule has 0 unspecified atom stereocenters. The van der Waals surface area contributed by atoms with Crippen LogP contribution in [-0.2, 0) is 0 Å². The molecule has 32 heavy (non-hydrogen) atoms. The summed E-state index contributed by atoms with van der Waals surface area (Å²) < 4.78 is 12.0. The monoisotopic (exact) mass is 422 g/mol. The number of anilines is 2. The van der Waals surface area contributed by atoms with Gasteiger partial charge in [0.15, 0.2) is 0 Å². The van der Waals surface area contributed by atoms with Crippen LogP contribution >= 0.6 is 0 Å². The van der Waals surface area contributed by atoms with E-state index in [0.717, 1.165) is 0 Å². The van der Waals surface area contributed by atoms with E-state index in [4.69, 9.17) is 33.8 Å². The minimum atomic E-state index is -0.101. The van der Waals surface area contributed by atoms with E-state index in [-0.39, 0.29) is 22.9 Å². The Morgan fingerprint density at radius 1 is 0.719 bits per heavy atom. The summed E-state index contributed by atoms with van der Waals surface area (Å²) in [6, 6.07) is 16.1. The molecule has 0 saturated heterocycles. The highest BCUT2D eigenvalue weighted by Crippen LogP contribution is 2.41. The topological polar surface area (TPSA) is 111 Å². The number of nitrogen functional groups attached to an aromatic ring is 2. The van der Waals surface area contributed by atoms with Crippen molar-refractivity contribution in [2.45, 2.75) is 0 Å². The number of rotatable bonds is 4. The third kappa shape index (κ3) is 3.65. The van der Waals surface area contributed by atoms with Crippen molar-refractivity contribution in [1.29, 1.82) is 0 Å². The number of fused-ring (bicyclic) bond motifs is 1. The standard InChI is InChI=1S/C26H18N2O4/c1-3-15-12-25(32-17-9-11-21(28)23(30)14-17)19-6-5-7-24(26(19)18(15)4-2)31-16-8-10-20(27)22(29)13-16/h1-2,5-14,29-30H,27-28H2. The van der Waals surface area contributed by atoms with Crippen molar-refractivity contribution < 1.29 is 19.7 Å². The zero-order chi connectivity index (χ0) is 22.8. The van der Waals surface area contributed by atoms with Gasteiger partial charge in [-0.15, -0.1) is 12.8 Å². The lowest BCUT2D eigenvalue weighted by Crippen LogP contribution is -1.96. The Balaban J connectivity index is 1.90. The molecular formula is C26H18N2O4. The molecule has 0 bridgehead atoms. The molecule has 0 saturated carbocycles. The Morgan fingerprint density at radius 3 is 1.84 bits per heavy atom. The number of aromatic hydroxyl groups is 2. The number of hydrogen-bond donors (Lipinski definition) is 4. The number of terminal acetylenes is 2. The highest BCUT2D eigenvalue weighted by Gasteiger charge is 2.17. The van der Waals surface area contributed by atoms with Gasteiger partial charge in [-0.2, -0.15) is 0 Å². The summed E-state index contributed by atoms with van der Waals surface area (Å²) >= 11 is 0. The van der Waals surface area contributed by atoms with Crippen LogP contribution in [0.4, 0.5) is 11.4 Å². The normalized spacial score (nSPS) is 10.3. The van der Waals surface area contributed by atoms with Crippen LogP contribution in [0.25, 0.3) is 10.8 Å². The summed E-state index contributed by atoms with van der Waals surface area (Å²) in [6.07, 6.45) is 11.5. The largest absolute Gasteiger partial charge is 0.506 e. The molecule has 0 fully saturated rings. The molecule has 4 rings (SSSR count). The molecule has 6 N–H and O–H groups in total. The molecule has 0 atom stereocenters. The first-order chi connectivity index (χ1) is 15.4. The first-order valence-electron chi connectivity index (χ1n) is 9.47. The molecule has 0 radical (unpaired) electrons. The maximum atomic E-state index is 9.91. The van der Waals surface area contributed by atoms with E-state index in [9.17, 15) is 10.2 Å². The zero-order valence-electron chi connectivity index (χ0n) is 16.8. The van der Waals surface area contributed by atoms with Crippen molar-refractivity contribution in [3.63, 3.8) is 0 Å². The molecule has 0 heterocycles. The van der Waals surface area contributed by atoms with Crippen LogP contribution in [0.1, 0.15) is 11.1 Å². The van der Waals surface area contributed by atoms with Crippen LogP contribution < -0.4 is 20.9 Å². The molecule has 4 aromatic carbocycles. The van der Waals surface area contributed by atoms with Gasteiger partial charge in [-0.05, 0) is 36.4 Å². The van der Waals surface area contributed by atoms with Crippen LogP contribution in [0.3, 0.4) is 0 Å². The molecule has 0 aliphatic heterocycles. The van der Waals surface area contributed by atoms with Crippen LogP contribution in [-0.4, -0.2) is 10.2 Å². The lowest BCUT2D eigenvalue weighted by molar-refractivity contribution is 0.456. The van der Waals surface area contributed by atoms with Gasteiger partial charge in [0, 0.05) is 28.5 Å². The number of benzene rings is 4. The van der Waals surface area contributed by atoms with Crippen molar-refractivity contribution in [1.82, 2.24) is 0 Å². The minimum absolute atomic E-state index is 0.101. The Bertz CT molecular complexity index is 1390. The second-order valence-corrected chi connectivity index (χ2v) is 6.91. The highest BCUT2D eigenvalue weighted by atomic mass is 16.5. The molecule has 156 valence electrons. The molecule has 0 aliphatic carbocycles. The van der Waals surface area contributed by atoms with Crippen LogP contribution in [0.15, 0.2) is 60.7 Å². The molecule has 6 nitrogen and oxygen atoms in total. The van der Waals surface area contributed by atoms with E-state index in [1.165, 1.54) is 24.3 Å². The molecule has 0 amide bonds. The van der Waals surface area contributed by atoms with Gasteiger partial charge in [0.1, 0.15) is 34.5 Å². The Morgan fingerprint density at radius 2 is 1.31 bits per heavy atom. The van der Waals surface area contributed by atoms with Gasteiger partial charge >= 0.3 is 0 Å². The second kappa shape index (κ2) is 8.06.